The zero-order valence-corrected chi connectivity index (χ0v) is 10.1. The zero-order valence-electron chi connectivity index (χ0n) is 8.25. The number of rotatable bonds is 5. The maximum absolute atomic E-state index is 11.1. The molecule has 0 aliphatic heterocycles. The van der Waals surface area contributed by atoms with E-state index in [0.717, 1.165) is 0 Å². The normalized spacial score (nSPS) is 13.3. The highest BCUT2D eigenvalue weighted by Gasteiger charge is 2.18. The van der Waals surface area contributed by atoms with Gasteiger partial charge in [-0.3, -0.25) is 4.18 Å². The smallest absolute Gasteiger partial charge is 0.267 e. The van der Waals surface area contributed by atoms with Crippen molar-refractivity contribution in [2.45, 2.75) is 33.0 Å². The quantitative estimate of drug-likeness (QED) is 0.511. The van der Waals surface area contributed by atoms with E-state index in [-0.39, 0.29) is 5.75 Å². The van der Waals surface area contributed by atoms with Crippen LogP contribution in [0.4, 0.5) is 0 Å². The van der Waals surface area contributed by atoms with Crippen LogP contribution >= 0.6 is 0 Å². The molecule has 0 rings (SSSR count). The van der Waals surface area contributed by atoms with Crippen molar-refractivity contribution in [1.29, 1.82) is 0 Å². The minimum atomic E-state index is -3.23. The maximum Gasteiger partial charge on any atom is 0.267 e. The second kappa shape index (κ2) is 4.39. The van der Waals surface area contributed by atoms with Crippen molar-refractivity contribution in [1.82, 2.24) is 0 Å². The molecule has 0 spiro atoms. The molecule has 0 saturated carbocycles. The van der Waals surface area contributed by atoms with Crippen LogP contribution in [0.3, 0.4) is 0 Å². The molecule has 0 fully saturated rings. The molecule has 3 nitrogen and oxygen atoms in total. The molecule has 0 saturated heterocycles. The van der Waals surface area contributed by atoms with E-state index in [9.17, 15) is 8.42 Å². The largest absolute Gasteiger partial charge is 0.274 e. The molecule has 0 atom stereocenters. The van der Waals surface area contributed by atoms with Gasteiger partial charge >= 0.3 is 0 Å². The minimum Gasteiger partial charge on any atom is -0.274 e. The van der Waals surface area contributed by atoms with E-state index >= 15 is 0 Å². The molecule has 0 unspecified atom stereocenters. The summed E-state index contributed by atoms with van der Waals surface area (Å²) in [4.78, 5) is 0. The first-order chi connectivity index (χ1) is 5.27. The lowest BCUT2D eigenvalue weighted by molar-refractivity contribution is 0.369. The summed E-state index contributed by atoms with van der Waals surface area (Å²) in [6, 6.07) is 0. The van der Waals surface area contributed by atoms with Gasteiger partial charge in [0.25, 0.3) is 10.1 Å². The van der Waals surface area contributed by atoms with E-state index < -0.39 is 18.2 Å². The Balaban J connectivity index is 3.94. The molecular formula is C7H18O3SSi. The van der Waals surface area contributed by atoms with Gasteiger partial charge in [-0.05, 0) is 6.42 Å². The first-order valence-corrected chi connectivity index (χ1v) is 9.42. The summed E-state index contributed by atoms with van der Waals surface area (Å²) in [5.74, 6) is 0.136. The predicted octanol–water partition coefficient (Wildman–Crippen LogP) is 1.62. The molecule has 0 radical (unpaired) electrons. The van der Waals surface area contributed by atoms with Gasteiger partial charge in [0.1, 0.15) is 0 Å². The van der Waals surface area contributed by atoms with Gasteiger partial charge in [-0.25, -0.2) is 0 Å². The molecule has 5 heteroatoms. The van der Waals surface area contributed by atoms with Gasteiger partial charge in [0.05, 0.1) is 20.1 Å². The predicted molar refractivity (Wildman–Crippen MR) is 53.4 cm³/mol. The Labute approximate surface area is 76.3 Å². The van der Waals surface area contributed by atoms with Crippen LogP contribution in [0.1, 0.15) is 13.3 Å². The molecule has 0 aromatic carbocycles. The molecule has 12 heavy (non-hydrogen) atoms. The SMILES string of the molecule is CCCS(=O)(=O)OC[Si](C)(C)C. The first kappa shape index (κ1) is 12.1. The average molecular weight is 210 g/mol. The molecular weight excluding hydrogens is 192 g/mol. The third-order valence-electron chi connectivity index (χ3n) is 1.13. The lowest BCUT2D eigenvalue weighted by Crippen LogP contribution is -2.30. The highest BCUT2D eigenvalue weighted by Crippen LogP contribution is 2.04. The second-order valence-corrected chi connectivity index (χ2v) is 11.3. The minimum absolute atomic E-state index is 0.136. The van der Waals surface area contributed by atoms with Gasteiger partial charge in [0, 0.05) is 0 Å². The van der Waals surface area contributed by atoms with Crippen LogP contribution in [-0.2, 0) is 14.3 Å². The van der Waals surface area contributed by atoms with Crippen molar-refractivity contribution in [3.05, 3.63) is 0 Å². The van der Waals surface area contributed by atoms with Gasteiger partial charge < -0.3 is 0 Å². The third kappa shape index (κ3) is 6.81. The summed E-state index contributed by atoms with van der Waals surface area (Å²) in [5, 5.41) is 0. The summed E-state index contributed by atoms with van der Waals surface area (Å²) >= 11 is 0. The van der Waals surface area contributed by atoms with Crippen molar-refractivity contribution in [2.75, 3.05) is 12.0 Å². The standard InChI is InChI=1S/C7H18O3SSi/c1-5-6-11(8,9)10-7-12(2,3)4/h5-7H2,1-4H3. The van der Waals surface area contributed by atoms with Crippen LogP contribution in [0.15, 0.2) is 0 Å². The molecule has 0 aromatic rings. The average Bonchev–Trinajstić information content (AvgIpc) is 1.83. The summed E-state index contributed by atoms with van der Waals surface area (Å²) in [6.07, 6.45) is 1.02. The Bertz CT molecular complexity index is 215. The van der Waals surface area contributed by atoms with Gasteiger partial charge in [-0.1, -0.05) is 26.6 Å². The van der Waals surface area contributed by atoms with Gasteiger partial charge in [-0.15, -0.1) is 0 Å². The molecule has 74 valence electrons. The fourth-order valence-electron chi connectivity index (χ4n) is 0.575. The van der Waals surface area contributed by atoms with Crippen LogP contribution in [0.25, 0.3) is 0 Å². The summed E-state index contributed by atoms with van der Waals surface area (Å²) in [6.45, 7) is 8.06. The summed E-state index contributed by atoms with van der Waals surface area (Å²) < 4.78 is 27.0. The molecule has 0 N–H and O–H groups in total. The lowest BCUT2D eigenvalue weighted by Gasteiger charge is -2.14. The number of hydrogen-bond donors (Lipinski definition) is 0. The fraction of sp³-hybridized carbons (Fsp3) is 1.00. The Morgan fingerprint density at radius 3 is 2.08 bits per heavy atom. The van der Waals surface area contributed by atoms with Crippen LogP contribution in [0.2, 0.25) is 19.6 Å². The van der Waals surface area contributed by atoms with E-state index in [1.807, 2.05) is 6.92 Å². The van der Waals surface area contributed by atoms with Crippen molar-refractivity contribution >= 4 is 18.2 Å². The Kier molecular flexibility index (Phi) is 4.43. The van der Waals surface area contributed by atoms with E-state index in [1.165, 1.54) is 0 Å². The lowest BCUT2D eigenvalue weighted by atomic mass is 10.6. The monoisotopic (exact) mass is 210 g/mol. The van der Waals surface area contributed by atoms with Crippen LogP contribution in [0.5, 0.6) is 0 Å². The van der Waals surface area contributed by atoms with Gasteiger partial charge in [0.15, 0.2) is 0 Å². The Morgan fingerprint density at radius 2 is 1.75 bits per heavy atom. The zero-order chi connectivity index (χ0) is 9.83. The van der Waals surface area contributed by atoms with E-state index in [2.05, 4.69) is 19.6 Å². The molecule has 0 aliphatic rings. The van der Waals surface area contributed by atoms with Crippen LogP contribution in [-0.4, -0.2) is 28.5 Å². The first-order valence-electron chi connectivity index (χ1n) is 4.14. The van der Waals surface area contributed by atoms with E-state index in [4.69, 9.17) is 4.18 Å². The number of hydrogen-bond acceptors (Lipinski definition) is 3. The Hall–Kier alpha value is 0.127. The highest BCUT2D eigenvalue weighted by molar-refractivity contribution is 7.86. The molecule has 0 amide bonds. The molecule has 0 heterocycles. The van der Waals surface area contributed by atoms with Crippen molar-refractivity contribution in [3.8, 4) is 0 Å². The summed E-state index contributed by atoms with van der Waals surface area (Å²) in [5.41, 5.74) is 0. The van der Waals surface area contributed by atoms with Crippen molar-refractivity contribution in [2.24, 2.45) is 0 Å². The fourth-order valence-corrected chi connectivity index (χ4v) is 3.33. The van der Waals surface area contributed by atoms with Crippen LogP contribution < -0.4 is 0 Å². The maximum atomic E-state index is 11.1. The van der Waals surface area contributed by atoms with Crippen molar-refractivity contribution in [3.63, 3.8) is 0 Å². The topological polar surface area (TPSA) is 43.4 Å². The highest BCUT2D eigenvalue weighted by atomic mass is 32.2. The molecule has 0 bridgehead atoms. The second-order valence-electron chi connectivity index (χ2n) is 4.08. The van der Waals surface area contributed by atoms with Gasteiger partial charge in [-0.2, -0.15) is 8.42 Å². The third-order valence-corrected chi connectivity index (χ3v) is 3.73. The van der Waals surface area contributed by atoms with Gasteiger partial charge in [0.2, 0.25) is 0 Å². The van der Waals surface area contributed by atoms with Crippen molar-refractivity contribution < 1.29 is 12.6 Å². The van der Waals surface area contributed by atoms with Crippen LogP contribution in [0, 0.1) is 0 Å². The molecule has 0 aromatic heterocycles. The molecule has 0 aliphatic carbocycles. The summed E-state index contributed by atoms with van der Waals surface area (Å²) in [7, 11) is -4.63. The van der Waals surface area contributed by atoms with E-state index in [0.29, 0.717) is 12.7 Å². The van der Waals surface area contributed by atoms with E-state index in [1.54, 1.807) is 0 Å². The Morgan fingerprint density at radius 1 is 1.25 bits per heavy atom.